The second kappa shape index (κ2) is 6.84. The van der Waals surface area contributed by atoms with Gasteiger partial charge in [0.2, 0.25) is 5.78 Å². The molecule has 33 heavy (non-hydrogen) atoms. The number of rotatable bonds is 3. The number of hydrogen-bond donors (Lipinski definition) is 6. The quantitative estimate of drug-likeness (QED) is 0.406. The van der Waals surface area contributed by atoms with Gasteiger partial charge < -0.3 is 36.5 Å². The summed E-state index contributed by atoms with van der Waals surface area (Å²) in [6.45, 7) is 0. The molecule has 0 bridgehead atoms. The number of carbonyl (C=O) groups is 2. The predicted octanol–water partition coefficient (Wildman–Crippen LogP) is 1.82. The topological polar surface area (TPSA) is 168 Å². The van der Waals surface area contributed by atoms with Gasteiger partial charge in [0.15, 0.2) is 5.60 Å². The van der Waals surface area contributed by atoms with Gasteiger partial charge in [-0.1, -0.05) is 0 Å². The molecule has 1 aromatic carbocycles. The van der Waals surface area contributed by atoms with Crippen LogP contribution in [0.1, 0.15) is 48.3 Å². The molecule has 7 N–H and O–H groups in total. The molecule has 0 aromatic heterocycles. The number of fused-ring (bicyclic) bond motifs is 3. The molecular weight excluding hydrogens is 426 g/mol. The third-order valence-corrected chi connectivity index (χ3v) is 7.62. The monoisotopic (exact) mass is 453 g/mol. The third kappa shape index (κ3) is 2.78. The molecule has 2 fully saturated rings. The summed E-state index contributed by atoms with van der Waals surface area (Å²) < 4.78 is 0. The van der Waals surface area contributed by atoms with Crippen LogP contribution in [0.15, 0.2) is 23.0 Å². The van der Waals surface area contributed by atoms with Crippen LogP contribution in [-0.2, 0) is 16.0 Å². The van der Waals surface area contributed by atoms with Crippen LogP contribution in [0, 0.1) is 17.2 Å². The van der Waals surface area contributed by atoms with Gasteiger partial charge in [0.05, 0.1) is 11.3 Å². The van der Waals surface area contributed by atoms with E-state index in [1.165, 1.54) is 0 Å². The lowest BCUT2D eigenvalue weighted by Crippen LogP contribution is -2.61. The summed E-state index contributed by atoms with van der Waals surface area (Å²) in [4.78, 5) is 27.3. The Morgan fingerprint density at radius 2 is 1.85 bits per heavy atom. The van der Waals surface area contributed by atoms with Crippen molar-refractivity contribution in [1.82, 2.24) is 0 Å². The smallest absolute Gasteiger partial charge is 0.254 e. The zero-order chi connectivity index (χ0) is 24.0. The third-order valence-electron chi connectivity index (χ3n) is 7.62. The summed E-state index contributed by atoms with van der Waals surface area (Å²) in [5, 5.41) is 52.4. The zero-order valence-corrected chi connectivity index (χ0v) is 18.5. The lowest BCUT2D eigenvalue weighted by molar-refractivity contribution is -0.136. The van der Waals surface area contributed by atoms with Crippen molar-refractivity contribution in [3.05, 3.63) is 39.7 Å². The molecule has 9 nitrogen and oxygen atoms in total. The Balaban J connectivity index is 1.71. The zero-order valence-electron chi connectivity index (χ0n) is 18.5. The minimum atomic E-state index is -2.39. The SMILES string of the molecule is CN(C)c1cc(C2CC2)c(O)c2c1C[C@H]1C[C@H]3CC(O)=C(C(N)=O)C(=N)[C@@]3(O)C(=O)C1=C2O. The first kappa shape index (κ1) is 21.5. The van der Waals surface area contributed by atoms with Crippen LogP contribution in [0.3, 0.4) is 0 Å². The highest BCUT2D eigenvalue weighted by Crippen LogP contribution is 2.55. The number of amides is 1. The Morgan fingerprint density at radius 1 is 1.18 bits per heavy atom. The van der Waals surface area contributed by atoms with E-state index in [0.29, 0.717) is 6.42 Å². The van der Waals surface area contributed by atoms with Crippen LogP contribution in [0.4, 0.5) is 5.69 Å². The van der Waals surface area contributed by atoms with Gasteiger partial charge in [-0.25, -0.2) is 0 Å². The number of anilines is 1. The predicted molar refractivity (Wildman–Crippen MR) is 120 cm³/mol. The maximum Gasteiger partial charge on any atom is 0.254 e. The second-order valence-electron chi connectivity index (χ2n) is 9.81. The largest absolute Gasteiger partial charge is 0.511 e. The lowest BCUT2D eigenvalue weighted by Gasteiger charge is -2.47. The van der Waals surface area contributed by atoms with Crippen molar-refractivity contribution < 1.29 is 30.0 Å². The fourth-order valence-electron chi connectivity index (χ4n) is 5.84. The van der Waals surface area contributed by atoms with Crippen molar-refractivity contribution in [3.8, 4) is 5.75 Å². The minimum Gasteiger partial charge on any atom is -0.511 e. The summed E-state index contributed by atoms with van der Waals surface area (Å²) >= 11 is 0. The first-order valence-electron chi connectivity index (χ1n) is 11.1. The van der Waals surface area contributed by atoms with E-state index in [1.807, 2.05) is 25.1 Å². The highest BCUT2D eigenvalue weighted by Gasteiger charge is 2.59. The van der Waals surface area contributed by atoms with Gasteiger partial charge in [-0.05, 0) is 54.7 Å². The Morgan fingerprint density at radius 3 is 2.42 bits per heavy atom. The summed E-state index contributed by atoms with van der Waals surface area (Å²) in [7, 11) is 3.75. The number of ketones is 1. The van der Waals surface area contributed by atoms with Gasteiger partial charge in [0.1, 0.15) is 22.8 Å². The molecular formula is C24H27N3O6. The molecule has 1 aromatic rings. The average molecular weight is 453 g/mol. The number of phenolic OH excluding ortho intramolecular Hbond substituents is 1. The van der Waals surface area contributed by atoms with E-state index in [1.54, 1.807) is 0 Å². The fraction of sp³-hybridized carbons (Fsp3) is 0.458. The second-order valence-corrected chi connectivity index (χ2v) is 9.81. The molecule has 4 aliphatic carbocycles. The molecule has 9 heteroatoms. The van der Waals surface area contributed by atoms with E-state index in [2.05, 4.69) is 0 Å². The molecule has 0 spiro atoms. The van der Waals surface area contributed by atoms with Crippen LogP contribution in [0.5, 0.6) is 5.75 Å². The van der Waals surface area contributed by atoms with E-state index in [-0.39, 0.29) is 35.6 Å². The highest BCUT2D eigenvalue weighted by molar-refractivity contribution is 6.33. The highest BCUT2D eigenvalue weighted by atomic mass is 16.3. The van der Waals surface area contributed by atoms with Crippen LogP contribution in [0.25, 0.3) is 5.76 Å². The molecule has 0 saturated heterocycles. The number of aliphatic hydroxyl groups is 3. The standard InChI is InChI=1S/C24H27N3O6/c1-27(2)14-8-12(9-3-4-9)19(29)17-13(14)6-10-5-11-7-15(28)18(23(26)32)21(25)24(11,33)22(31)16(10)20(17)30/h8-11,25,28-30,33H,3-7H2,1-2H3,(H2,26,32)/t10-,11+,24-/m1/s1. The number of nitrogens with zero attached hydrogens (tertiary/aromatic N) is 1. The number of allylic oxidation sites excluding steroid dienone is 1. The van der Waals surface area contributed by atoms with E-state index in [4.69, 9.17) is 11.1 Å². The van der Waals surface area contributed by atoms with E-state index >= 15 is 0 Å². The number of hydrogen-bond acceptors (Lipinski definition) is 8. The van der Waals surface area contributed by atoms with Gasteiger partial charge in [0.25, 0.3) is 5.91 Å². The van der Waals surface area contributed by atoms with E-state index in [0.717, 1.165) is 29.7 Å². The Hall–Kier alpha value is -3.33. The van der Waals surface area contributed by atoms with Crippen molar-refractivity contribution in [1.29, 1.82) is 5.41 Å². The molecule has 0 unspecified atom stereocenters. The summed E-state index contributed by atoms with van der Waals surface area (Å²) in [5.74, 6) is -3.98. The molecule has 0 aliphatic heterocycles. The van der Waals surface area contributed by atoms with E-state index < -0.39 is 51.9 Å². The Kier molecular flexibility index (Phi) is 4.46. The molecule has 174 valence electrons. The molecule has 1 amide bonds. The molecule has 2 saturated carbocycles. The number of nitrogens with one attached hydrogen (secondary N) is 1. The van der Waals surface area contributed by atoms with Gasteiger partial charge >= 0.3 is 0 Å². The lowest BCUT2D eigenvalue weighted by atomic mass is 9.58. The first-order valence-corrected chi connectivity index (χ1v) is 11.1. The number of benzene rings is 1. The Bertz CT molecular complexity index is 1210. The minimum absolute atomic E-state index is 0.0517. The van der Waals surface area contributed by atoms with Crippen molar-refractivity contribution in [2.24, 2.45) is 17.6 Å². The molecule has 0 heterocycles. The number of Topliss-reactive ketones (excluding diaryl/α,β-unsaturated/α-hetero) is 1. The van der Waals surface area contributed by atoms with Gasteiger partial charge in [-0.2, -0.15) is 0 Å². The van der Waals surface area contributed by atoms with Gasteiger partial charge in [0, 0.05) is 37.7 Å². The van der Waals surface area contributed by atoms with Crippen molar-refractivity contribution in [3.63, 3.8) is 0 Å². The summed E-state index contributed by atoms with van der Waals surface area (Å²) in [6, 6.07) is 1.94. The normalized spacial score (nSPS) is 28.9. The molecule has 3 atom stereocenters. The van der Waals surface area contributed by atoms with Gasteiger partial charge in [-0.15, -0.1) is 0 Å². The molecule has 4 aliphatic rings. The Labute approximate surface area is 190 Å². The number of nitrogens with two attached hydrogens (primary N) is 1. The van der Waals surface area contributed by atoms with Crippen LogP contribution >= 0.6 is 0 Å². The maximum atomic E-state index is 13.6. The van der Waals surface area contributed by atoms with Crippen molar-refractivity contribution in [2.45, 2.75) is 43.6 Å². The van der Waals surface area contributed by atoms with Crippen LogP contribution in [-0.4, -0.2) is 57.5 Å². The van der Waals surface area contributed by atoms with Crippen LogP contribution < -0.4 is 10.6 Å². The summed E-state index contributed by atoms with van der Waals surface area (Å²) in [5.41, 5.74) is 4.02. The van der Waals surface area contributed by atoms with E-state index in [9.17, 15) is 30.0 Å². The number of phenols is 1. The first-order chi connectivity index (χ1) is 15.5. The number of aliphatic hydroxyl groups excluding tert-OH is 2. The number of aromatic hydroxyl groups is 1. The number of primary amides is 1. The summed E-state index contributed by atoms with van der Waals surface area (Å²) in [6.07, 6.45) is 2.24. The maximum absolute atomic E-state index is 13.6. The average Bonchev–Trinajstić information content (AvgIpc) is 3.55. The van der Waals surface area contributed by atoms with Crippen molar-refractivity contribution >= 4 is 28.8 Å². The van der Waals surface area contributed by atoms with Gasteiger partial charge in [-0.3, -0.25) is 9.59 Å². The van der Waals surface area contributed by atoms with Crippen molar-refractivity contribution in [2.75, 3.05) is 19.0 Å². The fourth-order valence-corrected chi connectivity index (χ4v) is 5.84. The van der Waals surface area contributed by atoms with Crippen LogP contribution in [0.2, 0.25) is 0 Å². The number of carbonyl (C=O) groups excluding carboxylic acids is 2. The molecule has 5 rings (SSSR count). The molecule has 0 radical (unpaired) electrons.